The largest absolute Gasteiger partial charge is 0.408 e. The van der Waals surface area contributed by atoms with E-state index in [1.54, 1.807) is 12.4 Å². The van der Waals surface area contributed by atoms with Crippen LogP contribution in [0.15, 0.2) is 28.9 Å². The molecule has 0 aromatic carbocycles. The summed E-state index contributed by atoms with van der Waals surface area (Å²) in [6, 6.07) is 4.25. The molecule has 0 aliphatic heterocycles. The van der Waals surface area contributed by atoms with Gasteiger partial charge in [-0.15, -0.1) is 16.7 Å². The van der Waals surface area contributed by atoms with Crippen LogP contribution in [0.5, 0.6) is 0 Å². The molecule has 6 heteroatoms. The molecule has 0 aliphatic rings. The van der Waals surface area contributed by atoms with Gasteiger partial charge in [0.2, 0.25) is 5.89 Å². The van der Waals surface area contributed by atoms with Gasteiger partial charge < -0.3 is 9.73 Å². The van der Waals surface area contributed by atoms with E-state index < -0.39 is 0 Å². The maximum absolute atomic E-state index is 5.56. The van der Waals surface area contributed by atoms with Crippen molar-refractivity contribution in [1.82, 2.24) is 15.2 Å². The van der Waals surface area contributed by atoms with Crippen molar-refractivity contribution in [3.05, 3.63) is 36.0 Å². The third-order valence-corrected chi connectivity index (χ3v) is 2.16. The average Bonchev–Trinajstić information content (AvgIpc) is 2.76. The molecule has 0 fully saturated rings. The third-order valence-electron chi connectivity index (χ3n) is 1.97. The van der Waals surface area contributed by atoms with Crippen molar-refractivity contribution >= 4 is 17.6 Å². The first-order chi connectivity index (χ1) is 7.88. The molecule has 16 heavy (non-hydrogen) atoms. The van der Waals surface area contributed by atoms with Crippen LogP contribution in [-0.2, 0) is 13.0 Å². The van der Waals surface area contributed by atoms with Crippen LogP contribution >= 0.6 is 11.6 Å². The van der Waals surface area contributed by atoms with Crippen LogP contribution in [0.2, 0.25) is 0 Å². The van der Waals surface area contributed by atoms with E-state index in [2.05, 4.69) is 20.5 Å². The van der Waals surface area contributed by atoms with Crippen LogP contribution in [0.25, 0.3) is 0 Å². The second-order valence-electron chi connectivity index (χ2n) is 3.15. The summed E-state index contributed by atoms with van der Waals surface area (Å²) in [7, 11) is 0. The number of alkyl halides is 1. The predicted molar refractivity (Wildman–Crippen MR) is 60.3 cm³/mol. The molecular weight excluding hydrogens is 228 g/mol. The zero-order chi connectivity index (χ0) is 11.2. The number of anilines is 1. The Morgan fingerprint density at radius 3 is 2.81 bits per heavy atom. The van der Waals surface area contributed by atoms with E-state index >= 15 is 0 Å². The molecule has 0 saturated heterocycles. The Balaban J connectivity index is 1.89. The summed E-state index contributed by atoms with van der Waals surface area (Å²) in [6.07, 6.45) is 4.07. The fourth-order valence-electron chi connectivity index (χ4n) is 1.19. The lowest BCUT2D eigenvalue weighted by Gasteiger charge is -1.99. The van der Waals surface area contributed by atoms with Crippen LogP contribution in [0.3, 0.4) is 0 Å². The van der Waals surface area contributed by atoms with Crippen molar-refractivity contribution in [2.45, 2.75) is 13.0 Å². The molecule has 2 heterocycles. The Hall–Kier alpha value is -1.62. The molecule has 0 bridgehead atoms. The van der Waals surface area contributed by atoms with Crippen molar-refractivity contribution in [2.75, 3.05) is 11.2 Å². The summed E-state index contributed by atoms with van der Waals surface area (Å²) in [4.78, 5) is 3.93. The fraction of sp³-hybridized carbons (Fsp3) is 0.300. The van der Waals surface area contributed by atoms with Gasteiger partial charge in [0.15, 0.2) is 0 Å². The average molecular weight is 239 g/mol. The number of nitrogens with zero attached hydrogens (tertiary/aromatic N) is 3. The lowest BCUT2D eigenvalue weighted by atomic mass is 10.3. The lowest BCUT2D eigenvalue weighted by Crippen LogP contribution is -1.99. The molecule has 0 radical (unpaired) electrons. The number of aryl methyl sites for hydroxylation is 1. The molecule has 0 aliphatic carbocycles. The minimum absolute atomic E-state index is 0.414. The number of pyridine rings is 1. The van der Waals surface area contributed by atoms with Gasteiger partial charge >= 0.3 is 6.01 Å². The first kappa shape index (κ1) is 10.9. The number of rotatable bonds is 5. The minimum atomic E-state index is 0.414. The molecule has 84 valence electrons. The molecule has 2 aromatic rings. The summed E-state index contributed by atoms with van der Waals surface area (Å²) in [5, 5.41) is 10.7. The SMILES string of the molecule is ClCCc1nnc(NCc2ccncc2)o1. The van der Waals surface area contributed by atoms with Crippen LogP contribution in [0.4, 0.5) is 6.01 Å². The number of hydrogen-bond acceptors (Lipinski definition) is 5. The number of nitrogens with one attached hydrogen (secondary N) is 1. The summed E-state index contributed by atoms with van der Waals surface area (Å²) < 4.78 is 5.31. The van der Waals surface area contributed by atoms with Gasteiger partial charge in [-0.2, -0.15) is 0 Å². The van der Waals surface area contributed by atoms with Crippen LogP contribution < -0.4 is 5.32 Å². The molecule has 0 spiro atoms. The zero-order valence-electron chi connectivity index (χ0n) is 8.56. The molecule has 2 rings (SSSR count). The van der Waals surface area contributed by atoms with Gasteiger partial charge in [0.25, 0.3) is 0 Å². The van der Waals surface area contributed by atoms with Gasteiger partial charge in [-0.1, -0.05) is 5.10 Å². The van der Waals surface area contributed by atoms with Crippen LogP contribution in [0, 0.1) is 0 Å². The second kappa shape index (κ2) is 5.46. The van der Waals surface area contributed by atoms with Crippen molar-refractivity contribution in [3.63, 3.8) is 0 Å². The summed E-state index contributed by atoms with van der Waals surface area (Å²) in [5.74, 6) is 1.03. The van der Waals surface area contributed by atoms with Gasteiger partial charge in [-0.3, -0.25) is 4.98 Å². The number of aromatic nitrogens is 3. The van der Waals surface area contributed by atoms with E-state index in [9.17, 15) is 0 Å². The number of halogens is 1. The van der Waals surface area contributed by atoms with Crippen molar-refractivity contribution in [3.8, 4) is 0 Å². The Morgan fingerprint density at radius 2 is 2.06 bits per heavy atom. The highest BCUT2D eigenvalue weighted by Crippen LogP contribution is 2.08. The fourth-order valence-corrected chi connectivity index (χ4v) is 1.35. The topological polar surface area (TPSA) is 63.8 Å². The van der Waals surface area contributed by atoms with E-state index in [0.29, 0.717) is 30.8 Å². The quantitative estimate of drug-likeness (QED) is 0.806. The van der Waals surface area contributed by atoms with Crippen LogP contribution in [-0.4, -0.2) is 21.1 Å². The van der Waals surface area contributed by atoms with E-state index in [4.69, 9.17) is 16.0 Å². The van der Waals surface area contributed by atoms with Gasteiger partial charge in [0.1, 0.15) is 0 Å². The Kier molecular flexibility index (Phi) is 3.71. The Morgan fingerprint density at radius 1 is 1.25 bits per heavy atom. The summed E-state index contributed by atoms with van der Waals surface area (Å²) >= 11 is 5.56. The highest BCUT2D eigenvalue weighted by molar-refractivity contribution is 6.17. The summed E-state index contributed by atoms with van der Waals surface area (Å²) in [6.45, 7) is 0.630. The maximum Gasteiger partial charge on any atom is 0.315 e. The molecule has 1 N–H and O–H groups in total. The molecule has 5 nitrogen and oxygen atoms in total. The molecule has 0 unspecified atom stereocenters. The smallest absolute Gasteiger partial charge is 0.315 e. The highest BCUT2D eigenvalue weighted by Gasteiger charge is 2.04. The van der Waals surface area contributed by atoms with Crippen molar-refractivity contribution < 1.29 is 4.42 Å². The Labute approximate surface area is 97.9 Å². The van der Waals surface area contributed by atoms with Crippen molar-refractivity contribution in [2.24, 2.45) is 0 Å². The highest BCUT2D eigenvalue weighted by atomic mass is 35.5. The van der Waals surface area contributed by atoms with E-state index in [1.807, 2.05) is 12.1 Å². The first-order valence-corrected chi connectivity index (χ1v) is 5.43. The van der Waals surface area contributed by atoms with Gasteiger partial charge in [-0.05, 0) is 17.7 Å². The molecular formula is C10H11ClN4O. The van der Waals surface area contributed by atoms with Crippen molar-refractivity contribution in [1.29, 1.82) is 0 Å². The zero-order valence-corrected chi connectivity index (χ0v) is 9.31. The second-order valence-corrected chi connectivity index (χ2v) is 3.53. The predicted octanol–water partition coefficient (Wildman–Crippen LogP) is 1.86. The van der Waals surface area contributed by atoms with Gasteiger partial charge in [-0.25, -0.2) is 0 Å². The van der Waals surface area contributed by atoms with E-state index in [1.165, 1.54) is 0 Å². The standard InChI is InChI=1S/C10H11ClN4O/c11-4-1-9-14-15-10(16-9)13-7-8-2-5-12-6-3-8/h2-3,5-6H,1,4,7H2,(H,13,15). The lowest BCUT2D eigenvalue weighted by molar-refractivity contribution is 0.512. The van der Waals surface area contributed by atoms with Crippen LogP contribution in [0.1, 0.15) is 11.5 Å². The minimum Gasteiger partial charge on any atom is -0.408 e. The molecule has 0 amide bonds. The number of hydrogen-bond donors (Lipinski definition) is 1. The first-order valence-electron chi connectivity index (χ1n) is 4.89. The normalized spacial score (nSPS) is 10.3. The van der Waals surface area contributed by atoms with Gasteiger partial charge in [0.05, 0.1) is 0 Å². The molecule has 0 atom stereocenters. The molecule has 0 saturated carbocycles. The maximum atomic E-state index is 5.56. The monoisotopic (exact) mass is 238 g/mol. The van der Waals surface area contributed by atoms with E-state index in [-0.39, 0.29) is 0 Å². The third kappa shape index (κ3) is 2.93. The molecule has 2 aromatic heterocycles. The summed E-state index contributed by atoms with van der Waals surface area (Å²) in [5.41, 5.74) is 1.10. The van der Waals surface area contributed by atoms with E-state index in [0.717, 1.165) is 5.56 Å². The van der Waals surface area contributed by atoms with Gasteiger partial charge in [0, 0.05) is 31.2 Å². The Bertz CT molecular complexity index is 431.